The molecule has 2 aromatic rings. The molecule has 1 saturated heterocycles. The van der Waals surface area contributed by atoms with E-state index in [0.717, 1.165) is 24.8 Å². The van der Waals surface area contributed by atoms with Crippen LogP contribution in [0.4, 0.5) is 10.1 Å². The predicted octanol–water partition coefficient (Wildman–Crippen LogP) is 3.03. The highest BCUT2D eigenvalue weighted by Gasteiger charge is 2.25. The van der Waals surface area contributed by atoms with Gasteiger partial charge in [-0.3, -0.25) is 9.59 Å². The number of ketones is 1. The number of hydrogen-bond acceptors (Lipinski definition) is 5. The highest BCUT2D eigenvalue weighted by molar-refractivity contribution is 7.91. The number of carbonyl (C=O) groups is 2. The maximum atomic E-state index is 14.4. The van der Waals surface area contributed by atoms with Gasteiger partial charge in [0.15, 0.2) is 15.6 Å². The largest absolute Gasteiger partial charge is 0.366 e. The number of benzene rings is 2. The van der Waals surface area contributed by atoms with Crippen LogP contribution in [0.3, 0.4) is 0 Å². The normalized spacial score (nSPS) is 16.2. The van der Waals surface area contributed by atoms with Gasteiger partial charge in [0, 0.05) is 38.2 Å². The van der Waals surface area contributed by atoms with Crippen molar-refractivity contribution in [2.24, 2.45) is 0 Å². The molecule has 0 spiro atoms. The molecule has 0 N–H and O–H groups in total. The standard InChI is InChI=1S/C24H27FN2O4S/c1-17(28)19-6-8-23(22(25)16-19)26-10-12-27(13-11-26)24(29)9-14-32(30,31)21-7-5-18-3-2-4-20(18)15-21/h5-8,15-16H,2-4,9-14H2,1H3. The Kier molecular flexibility index (Phi) is 6.33. The lowest BCUT2D eigenvalue weighted by atomic mass is 10.1. The molecule has 32 heavy (non-hydrogen) atoms. The second-order valence-electron chi connectivity index (χ2n) is 8.44. The van der Waals surface area contributed by atoms with E-state index in [2.05, 4.69) is 0 Å². The number of fused-ring (bicyclic) bond motifs is 1. The van der Waals surface area contributed by atoms with Gasteiger partial charge in [-0.05, 0) is 67.6 Å². The van der Waals surface area contributed by atoms with Gasteiger partial charge in [-0.25, -0.2) is 12.8 Å². The van der Waals surface area contributed by atoms with Crippen molar-refractivity contribution in [2.75, 3.05) is 36.8 Å². The maximum absolute atomic E-state index is 14.4. The van der Waals surface area contributed by atoms with Crippen LogP contribution in [0.15, 0.2) is 41.3 Å². The third kappa shape index (κ3) is 4.70. The fourth-order valence-corrected chi connectivity index (χ4v) is 5.69. The molecule has 0 unspecified atom stereocenters. The van der Waals surface area contributed by atoms with Crippen LogP contribution in [0.2, 0.25) is 0 Å². The minimum Gasteiger partial charge on any atom is -0.366 e. The van der Waals surface area contributed by atoms with E-state index in [4.69, 9.17) is 0 Å². The van der Waals surface area contributed by atoms with Gasteiger partial charge in [0.2, 0.25) is 5.91 Å². The molecule has 1 amide bonds. The Bertz CT molecular complexity index is 1150. The topological polar surface area (TPSA) is 74.8 Å². The Morgan fingerprint density at radius 3 is 2.38 bits per heavy atom. The first-order valence-electron chi connectivity index (χ1n) is 10.9. The number of amides is 1. The maximum Gasteiger partial charge on any atom is 0.223 e. The molecule has 1 heterocycles. The first-order chi connectivity index (χ1) is 15.2. The van der Waals surface area contributed by atoms with E-state index in [-0.39, 0.29) is 23.9 Å². The fraction of sp³-hybridized carbons (Fsp3) is 0.417. The van der Waals surface area contributed by atoms with Crippen LogP contribution < -0.4 is 4.90 Å². The molecule has 170 valence electrons. The molecule has 2 aliphatic rings. The first-order valence-corrected chi connectivity index (χ1v) is 12.6. The van der Waals surface area contributed by atoms with Crippen molar-refractivity contribution in [3.05, 3.63) is 58.9 Å². The van der Waals surface area contributed by atoms with Crippen molar-refractivity contribution < 1.29 is 22.4 Å². The van der Waals surface area contributed by atoms with Crippen molar-refractivity contribution in [2.45, 2.75) is 37.5 Å². The van der Waals surface area contributed by atoms with E-state index < -0.39 is 15.7 Å². The number of hydrogen-bond donors (Lipinski definition) is 0. The number of sulfone groups is 1. The summed E-state index contributed by atoms with van der Waals surface area (Å²) in [5.41, 5.74) is 3.04. The summed E-state index contributed by atoms with van der Waals surface area (Å²) in [5, 5.41) is 0. The van der Waals surface area contributed by atoms with Crippen LogP contribution in [0.25, 0.3) is 0 Å². The average molecular weight is 459 g/mol. The van der Waals surface area contributed by atoms with Gasteiger partial charge in [0.05, 0.1) is 16.3 Å². The van der Waals surface area contributed by atoms with E-state index in [1.807, 2.05) is 11.0 Å². The summed E-state index contributed by atoms with van der Waals surface area (Å²) in [6.07, 6.45) is 2.88. The minimum atomic E-state index is -3.52. The van der Waals surface area contributed by atoms with E-state index in [1.54, 1.807) is 29.2 Å². The number of nitrogens with zero attached hydrogens (tertiary/aromatic N) is 2. The number of aryl methyl sites for hydroxylation is 2. The second-order valence-corrected chi connectivity index (χ2v) is 10.6. The highest BCUT2D eigenvalue weighted by Crippen LogP contribution is 2.26. The third-order valence-electron chi connectivity index (χ3n) is 6.34. The SMILES string of the molecule is CC(=O)c1ccc(N2CCN(C(=O)CCS(=O)(=O)c3ccc4c(c3)CCC4)CC2)c(F)c1. The van der Waals surface area contributed by atoms with Crippen LogP contribution in [0.1, 0.15) is 41.3 Å². The average Bonchev–Trinajstić information content (AvgIpc) is 3.25. The molecule has 0 aromatic heterocycles. The number of carbonyl (C=O) groups excluding carboxylic acids is 2. The van der Waals surface area contributed by atoms with Gasteiger partial charge in [-0.1, -0.05) is 6.07 Å². The number of anilines is 1. The molecular weight excluding hydrogens is 431 g/mol. The molecule has 2 aromatic carbocycles. The molecule has 6 nitrogen and oxygen atoms in total. The molecule has 4 rings (SSSR count). The Hall–Kier alpha value is -2.74. The van der Waals surface area contributed by atoms with Crippen molar-refractivity contribution in [3.63, 3.8) is 0 Å². The molecule has 1 aliphatic carbocycles. The second kappa shape index (κ2) is 9.02. The number of rotatable bonds is 6. The summed E-state index contributed by atoms with van der Waals surface area (Å²) in [7, 11) is -3.52. The van der Waals surface area contributed by atoms with Crippen LogP contribution >= 0.6 is 0 Å². The van der Waals surface area contributed by atoms with E-state index in [9.17, 15) is 22.4 Å². The summed E-state index contributed by atoms with van der Waals surface area (Å²) in [4.78, 5) is 27.8. The summed E-state index contributed by atoms with van der Waals surface area (Å²) in [5.74, 6) is -1.08. The van der Waals surface area contributed by atoms with Gasteiger partial charge in [0.1, 0.15) is 5.82 Å². The number of piperazine rings is 1. The highest BCUT2D eigenvalue weighted by atomic mass is 32.2. The molecule has 0 atom stereocenters. The summed E-state index contributed by atoms with van der Waals surface area (Å²) < 4.78 is 39.9. The molecule has 8 heteroatoms. The lowest BCUT2D eigenvalue weighted by molar-refractivity contribution is -0.131. The lowest BCUT2D eigenvalue weighted by Gasteiger charge is -2.36. The zero-order valence-corrected chi connectivity index (χ0v) is 19.0. The van der Waals surface area contributed by atoms with Crippen molar-refractivity contribution in [1.29, 1.82) is 0 Å². The third-order valence-corrected chi connectivity index (χ3v) is 8.05. The van der Waals surface area contributed by atoms with Crippen LogP contribution in [0.5, 0.6) is 0 Å². The monoisotopic (exact) mass is 458 g/mol. The smallest absolute Gasteiger partial charge is 0.223 e. The molecule has 0 bridgehead atoms. The van der Waals surface area contributed by atoms with Crippen LogP contribution in [0, 0.1) is 5.82 Å². The Balaban J connectivity index is 1.32. The van der Waals surface area contributed by atoms with Crippen LogP contribution in [-0.2, 0) is 27.5 Å². The fourth-order valence-electron chi connectivity index (χ4n) is 4.42. The van der Waals surface area contributed by atoms with Gasteiger partial charge < -0.3 is 9.80 Å². The zero-order chi connectivity index (χ0) is 22.9. The molecule has 0 saturated carbocycles. The van der Waals surface area contributed by atoms with Gasteiger partial charge >= 0.3 is 0 Å². The van der Waals surface area contributed by atoms with Crippen molar-refractivity contribution in [3.8, 4) is 0 Å². The van der Waals surface area contributed by atoms with Crippen LogP contribution in [-0.4, -0.2) is 56.9 Å². The molecular formula is C24H27FN2O4S. The lowest BCUT2D eigenvalue weighted by Crippen LogP contribution is -2.49. The van der Waals surface area contributed by atoms with E-state index in [1.165, 1.54) is 18.6 Å². The minimum absolute atomic E-state index is 0.0684. The molecule has 1 aliphatic heterocycles. The van der Waals surface area contributed by atoms with E-state index in [0.29, 0.717) is 42.3 Å². The van der Waals surface area contributed by atoms with Gasteiger partial charge in [-0.2, -0.15) is 0 Å². The van der Waals surface area contributed by atoms with E-state index >= 15 is 0 Å². The Morgan fingerprint density at radius 2 is 1.69 bits per heavy atom. The van der Waals surface area contributed by atoms with Crippen molar-refractivity contribution >= 4 is 27.2 Å². The van der Waals surface area contributed by atoms with Crippen molar-refractivity contribution in [1.82, 2.24) is 4.90 Å². The summed E-state index contributed by atoms with van der Waals surface area (Å²) in [6.45, 7) is 3.07. The summed E-state index contributed by atoms with van der Waals surface area (Å²) >= 11 is 0. The molecule has 0 radical (unpaired) electrons. The summed E-state index contributed by atoms with van der Waals surface area (Å²) in [6, 6.07) is 9.72. The Morgan fingerprint density at radius 1 is 0.969 bits per heavy atom. The number of halogens is 1. The zero-order valence-electron chi connectivity index (χ0n) is 18.1. The quantitative estimate of drug-likeness (QED) is 0.622. The molecule has 1 fully saturated rings. The van der Waals surface area contributed by atoms with Gasteiger partial charge in [0.25, 0.3) is 0 Å². The first kappa shape index (κ1) is 22.5. The predicted molar refractivity (Wildman–Crippen MR) is 120 cm³/mol. The van der Waals surface area contributed by atoms with Gasteiger partial charge in [-0.15, -0.1) is 0 Å². The Labute approximate surface area is 187 Å². The number of Topliss-reactive ketones (excluding diaryl/α,β-unsaturated/α-hetero) is 1.